The summed E-state index contributed by atoms with van der Waals surface area (Å²) in [5.41, 5.74) is 14.0. The van der Waals surface area contributed by atoms with Gasteiger partial charge in [0.15, 0.2) is 69.9 Å². The standard InChI is InChI=1S/C97H60F2N14/c1-59-53-83(112-79-54-68(94-104-86(60-27-10-2-11-28-60)100-87(105-94)61-29-12-3-13-30-61)45-49-72(79)73-50-46-69(55-80(73)112)95-106-88(62-31-14-4-15-32-62)101-89(107-95)63-33-16-5-17-34-63)84(58-76(59)85-77(98)43-26-44-78(85)99)113-81-56-70(96-108-90(64-35-18-6-19-36-64)102-91(109-96)65-37-20-7-21-38-65)47-51-74(81)75-52-48-71(57-82(75)113)97-110-92(66-39-22-8-23-40-66)103-93(111-97)67-41-24-9-25-42-67/h2-58H,1H3. The minimum absolute atomic E-state index is 0.192. The molecule has 0 bridgehead atoms. The summed E-state index contributed by atoms with van der Waals surface area (Å²) in [5.74, 6) is 4.15. The van der Waals surface area contributed by atoms with Crippen LogP contribution in [0.5, 0.6) is 0 Å². The third-order valence-corrected chi connectivity index (χ3v) is 20.4. The Balaban J connectivity index is 0.912. The molecule has 0 N–H and O–H groups in total. The highest BCUT2D eigenvalue weighted by molar-refractivity contribution is 6.14. The van der Waals surface area contributed by atoms with E-state index in [2.05, 4.69) is 69.8 Å². The molecule has 0 saturated carbocycles. The molecule has 20 aromatic rings. The Morgan fingerprint density at radius 2 is 0.389 bits per heavy atom. The van der Waals surface area contributed by atoms with Gasteiger partial charge in [0.25, 0.3) is 0 Å². The average molecular weight is 1460 g/mol. The molecule has 0 aliphatic carbocycles. The molecule has 6 aromatic heterocycles. The lowest BCUT2D eigenvalue weighted by Crippen LogP contribution is -2.07. The first-order valence-corrected chi connectivity index (χ1v) is 37.0. The number of halogens is 2. The lowest BCUT2D eigenvalue weighted by molar-refractivity contribution is 0.589. The number of hydrogen-bond donors (Lipinski definition) is 0. The van der Waals surface area contributed by atoms with Crippen LogP contribution in [-0.2, 0) is 0 Å². The monoisotopic (exact) mass is 1460 g/mol. The van der Waals surface area contributed by atoms with Crippen LogP contribution in [0.2, 0.25) is 0 Å². The molecule has 0 atom stereocenters. The molecule has 0 fully saturated rings. The summed E-state index contributed by atoms with van der Waals surface area (Å²) in [6.07, 6.45) is 0. The zero-order valence-corrected chi connectivity index (χ0v) is 60.4. The summed E-state index contributed by atoms with van der Waals surface area (Å²) in [5, 5.41) is 3.43. The third kappa shape index (κ3) is 12.5. The van der Waals surface area contributed by atoms with E-state index in [1.807, 2.05) is 274 Å². The molecule has 113 heavy (non-hydrogen) atoms. The number of aryl methyl sites for hydroxylation is 1. The average Bonchev–Trinajstić information content (AvgIpc) is 1.57. The molecule has 0 radical (unpaired) electrons. The van der Waals surface area contributed by atoms with E-state index in [1.54, 1.807) is 0 Å². The first kappa shape index (κ1) is 67.0. The fraction of sp³-hybridized carbons (Fsp3) is 0.0103. The van der Waals surface area contributed by atoms with Crippen LogP contribution >= 0.6 is 0 Å². The summed E-state index contributed by atoms with van der Waals surface area (Å²) < 4.78 is 38.9. The zero-order valence-electron chi connectivity index (χ0n) is 60.4. The Morgan fingerprint density at radius 1 is 0.195 bits per heavy atom. The summed E-state index contributed by atoms with van der Waals surface area (Å²) >= 11 is 0. The van der Waals surface area contributed by atoms with Crippen LogP contribution < -0.4 is 0 Å². The third-order valence-electron chi connectivity index (χ3n) is 20.4. The molecule has 0 aliphatic heterocycles. The minimum atomic E-state index is -0.731. The maximum atomic E-state index is 17.2. The fourth-order valence-corrected chi connectivity index (χ4v) is 14.9. The number of fused-ring (bicyclic) bond motifs is 6. The van der Waals surface area contributed by atoms with E-state index >= 15 is 8.78 Å². The van der Waals surface area contributed by atoms with Gasteiger partial charge in [-0.25, -0.2) is 68.6 Å². The Bertz CT molecular complexity index is 6440. The molecule has 16 heteroatoms. The van der Waals surface area contributed by atoms with Crippen LogP contribution in [-0.4, -0.2) is 68.9 Å². The fourth-order valence-electron chi connectivity index (χ4n) is 14.9. The van der Waals surface area contributed by atoms with Crippen molar-refractivity contribution in [1.82, 2.24) is 68.9 Å². The number of hydrogen-bond acceptors (Lipinski definition) is 12. The van der Waals surface area contributed by atoms with Crippen molar-refractivity contribution < 1.29 is 8.78 Å². The van der Waals surface area contributed by atoms with Crippen LogP contribution in [0.15, 0.2) is 346 Å². The molecule has 0 amide bonds. The topological polar surface area (TPSA) is 165 Å². The van der Waals surface area contributed by atoms with Crippen LogP contribution in [0.25, 0.3) is 203 Å². The molecule has 0 saturated heterocycles. The second-order valence-corrected chi connectivity index (χ2v) is 27.5. The van der Waals surface area contributed by atoms with E-state index in [0.29, 0.717) is 126 Å². The first-order valence-electron chi connectivity index (χ1n) is 37.0. The number of aromatic nitrogens is 14. The predicted molar refractivity (Wildman–Crippen MR) is 444 cm³/mol. The van der Waals surface area contributed by atoms with Gasteiger partial charge >= 0.3 is 0 Å². The molecule has 0 aliphatic rings. The number of nitrogens with zero attached hydrogens (tertiary/aromatic N) is 14. The molecule has 20 rings (SSSR count). The van der Waals surface area contributed by atoms with Gasteiger partial charge in [-0.3, -0.25) is 0 Å². The Morgan fingerprint density at radius 3 is 0.602 bits per heavy atom. The van der Waals surface area contributed by atoms with Gasteiger partial charge < -0.3 is 9.13 Å². The largest absolute Gasteiger partial charge is 0.307 e. The Hall–Kier alpha value is -15.4. The van der Waals surface area contributed by atoms with Gasteiger partial charge in [0.1, 0.15) is 11.6 Å². The van der Waals surface area contributed by atoms with Crippen LogP contribution in [0.4, 0.5) is 8.78 Å². The number of rotatable bonds is 15. The van der Waals surface area contributed by atoms with Gasteiger partial charge in [0.2, 0.25) is 0 Å². The molecule has 532 valence electrons. The Labute approximate surface area is 646 Å². The van der Waals surface area contributed by atoms with Gasteiger partial charge in [0.05, 0.1) is 39.0 Å². The lowest BCUT2D eigenvalue weighted by Gasteiger charge is -2.21. The maximum Gasteiger partial charge on any atom is 0.164 e. The SMILES string of the molecule is Cc1cc(-n2c3cc(-c4nc(-c5ccccc5)nc(-c5ccccc5)n4)ccc3c3ccc(-c4nc(-c5ccccc5)nc(-c5ccccc5)n4)cc32)c(-n2c3cc(-c4nc(-c5ccccc5)nc(-c5ccccc5)n4)ccc3c3ccc(-c4nc(-c5ccccc5)nc(-c5ccccc5)n4)cc32)cc1-c1c(F)cccc1F. The van der Waals surface area contributed by atoms with E-state index in [-0.39, 0.29) is 5.56 Å². The van der Waals surface area contributed by atoms with Crippen molar-refractivity contribution in [3.05, 3.63) is 363 Å². The first-order chi connectivity index (χ1) is 55.7. The summed E-state index contributed by atoms with van der Waals surface area (Å²) in [6, 6.07) is 112. The van der Waals surface area contributed by atoms with Crippen molar-refractivity contribution in [1.29, 1.82) is 0 Å². The van der Waals surface area contributed by atoms with Crippen LogP contribution in [0, 0.1) is 18.6 Å². The van der Waals surface area contributed by atoms with Crippen molar-refractivity contribution in [2.45, 2.75) is 6.92 Å². The smallest absolute Gasteiger partial charge is 0.164 e. The van der Waals surface area contributed by atoms with E-state index in [4.69, 9.17) is 59.8 Å². The van der Waals surface area contributed by atoms with Crippen LogP contribution in [0.3, 0.4) is 0 Å². The van der Waals surface area contributed by atoms with E-state index in [9.17, 15) is 0 Å². The van der Waals surface area contributed by atoms with Gasteiger partial charge in [-0.1, -0.05) is 297 Å². The molecular formula is C97H60F2N14. The van der Waals surface area contributed by atoms with E-state index in [1.165, 1.54) is 18.2 Å². The summed E-state index contributed by atoms with van der Waals surface area (Å²) in [7, 11) is 0. The molecule has 14 nitrogen and oxygen atoms in total. The van der Waals surface area contributed by atoms with Crippen molar-refractivity contribution >= 4 is 43.6 Å². The Kier molecular flexibility index (Phi) is 16.8. The predicted octanol–water partition coefficient (Wildman–Crippen LogP) is 22.9. The molecule has 0 spiro atoms. The van der Waals surface area contributed by atoms with Gasteiger partial charge in [0, 0.05) is 88.3 Å². The highest BCUT2D eigenvalue weighted by Crippen LogP contribution is 2.46. The second kappa shape index (κ2) is 28.3. The van der Waals surface area contributed by atoms with Crippen molar-refractivity contribution in [2.75, 3.05) is 0 Å². The zero-order chi connectivity index (χ0) is 75.5. The number of benzene rings is 14. The summed E-state index contributed by atoms with van der Waals surface area (Å²) in [4.78, 5) is 62.6. The molecule has 0 unspecified atom stereocenters. The van der Waals surface area contributed by atoms with E-state index < -0.39 is 11.6 Å². The normalized spacial score (nSPS) is 11.5. The minimum Gasteiger partial charge on any atom is -0.307 e. The maximum absolute atomic E-state index is 17.2. The lowest BCUT2D eigenvalue weighted by atomic mass is 9.97. The van der Waals surface area contributed by atoms with Crippen LogP contribution in [0.1, 0.15) is 5.56 Å². The highest BCUT2D eigenvalue weighted by Gasteiger charge is 2.28. The second-order valence-electron chi connectivity index (χ2n) is 27.5. The summed E-state index contributed by atoms with van der Waals surface area (Å²) in [6.45, 7) is 1.90. The molecular weight excluding hydrogens is 1400 g/mol. The van der Waals surface area contributed by atoms with E-state index in [0.717, 1.165) is 77.1 Å². The van der Waals surface area contributed by atoms with Crippen molar-refractivity contribution in [2.24, 2.45) is 0 Å². The van der Waals surface area contributed by atoms with Gasteiger partial charge in [-0.05, 0) is 66.6 Å². The van der Waals surface area contributed by atoms with Gasteiger partial charge in [-0.2, -0.15) is 0 Å². The van der Waals surface area contributed by atoms with Crippen molar-refractivity contribution in [3.8, 4) is 159 Å². The molecule has 6 heterocycles. The highest BCUT2D eigenvalue weighted by atomic mass is 19.1. The van der Waals surface area contributed by atoms with Gasteiger partial charge in [-0.15, -0.1) is 0 Å². The molecule has 14 aromatic carbocycles. The quantitative estimate of drug-likeness (QED) is 0.0955. The van der Waals surface area contributed by atoms with Crippen molar-refractivity contribution in [3.63, 3.8) is 0 Å².